The van der Waals surface area contributed by atoms with Crippen LogP contribution >= 0.6 is 0 Å². The minimum Gasteiger partial charge on any atom is -0.504 e. The third-order valence-corrected chi connectivity index (χ3v) is 6.34. The summed E-state index contributed by atoms with van der Waals surface area (Å²) < 4.78 is 17.3. The Bertz CT molecular complexity index is 1130. The van der Waals surface area contributed by atoms with Gasteiger partial charge < -0.3 is 29.5 Å². The number of aromatic hydroxyl groups is 3. The number of rotatable bonds is 4. The SMILES string of the molecule is C=CC(C)(C)c1cc([C@@H]2COc3c(cc4c(c3O)OC(C)(C)C=C4)C2)c(O)c(O)c1OC. The Hall–Kier alpha value is -3.28. The summed E-state index contributed by atoms with van der Waals surface area (Å²) in [4.78, 5) is 0. The first-order chi connectivity index (χ1) is 15.0. The Balaban J connectivity index is 1.78. The highest BCUT2D eigenvalue weighted by Crippen LogP contribution is 2.52. The fourth-order valence-corrected chi connectivity index (χ4v) is 4.32. The predicted octanol–water partition coefficient (Wildman–Crippen LogP) is 5.18. The van der Waals surface area contributed by atoms with Crippen LogP contribution in [0.2, 0.25) is 0 Å². The molecule has 2 aliphatic rings. The molecule has 32 heavy (non-hydrogen) atoms. The van der Waals surface area contributed by atoms with E-state index in [0.29, 0.717) is 23.5 Å². The highest BCUT2D eigenvalue weighted by molar-refractivity contribution is 5.71. The molecular formula is C26H30O6. The molecule has 170 valence electrons. The maximum Gasteiger partial charge on any atom is 0.201 e. The van der Waals surface area contributed by atoms with Crippen LogP contribution in [0.15, 0.2) is 30.9 Å². The van der Waals surface area contributed by atoms with Crippen molar-refractivity contribution in [2.45, 2.75) is 51.0 Å². The van der Waals surface area contributed by atoms with Gasteiger partial charge in [-0.2, -0.15) is 0 Å². The number of hydrogen-bond donors (Lipinski definition) is 3. The maximum absolute atomic E-state index is 10.8. The second-order valence-electron chi connectivity index (χ2n) is 9.55. The van der Waals surface area contributed by atoms with E-state index in [4.69, 9.17) is 14.2 Å². The second-order valence-corrected chi connectivity index (χ2v) is 9.55. The molecule has 0 bridgehead atoms. The Kier molecular flexibility index (Phi) is 5.07. The molecule has 0 amide bonds. The molecule has 0 saturated heterocycles. The molecular weight excluding hydrogens is 408 g/mol. The molecule has 6 nitrogen and oxygen atoms in total. The Morgan fingerprint density at radius 1 is 1.12 bits per heavy atom. The van der Waals surface area contributed by atoms with Gasteiger partial charge in [-0.25, -0.2) is 0 Å². The van der Waals surface area contributed by atoms with E-state index in [1.165, 1.54) is 7.11 Å². The normalized spacial score (nSPS) is 18.7. The van der Waals surface area contributed by atoms with Crippen molar-refractivity contribution in [2.75, 3.05) is 13.7 Å². The molecule has 0 saturated carbocycles. The minimum absolute atomic E-state index is 0.0105. The molecule has 6 heteroatoms. The largest absolute Gasteiger partial charge is 0.504 e. The number of ether oxygens (including phenoxy) is 3. The second kappa shape index (κ2) is 7.40. The zero-order valence-corrected chi connectivity index (χ0v) is 19.2. The van der Waals surface area contributed by atoms with Crippen molar-refractivity contribution in [1.82, 2.24) is 0 Å². The van der Waals surface area contributed by atoms with Gasteiger partial charge in [-0.05, 0) is 44.0 Å². The number of phenolic OH excluding ortho intramolecular Hbond substituents is 3. The number of hydrogen-bond acceptors (Lipinski definition) is 6. The molecule has 4 rings (SSSR count). The van der Waals surface area contributed by atoms with E-state index < -0.39 is 11.0 Å². The first kappa shape index (κ1) is 21.9. The predicted molar refractivity (Wildman–Crippen MR) is 123 cm³/mol. The van der Waals surface area contributed by atoms with Gasteiger partial charge in [-0.15, -0.1) is 6.58 Å². The van der Waals surface area contributed by atoms with E-state index >= 15 is 0 Å². The standard InChI is InChI=1S/C26H30O6/c1-7-25(2,3)18-12-17(19(27)20(28)24(18)30-6)16-11-15-10-14-8-9-26(4,5)32-23(14)21(29)22(15)31-13-16/h7-10,12,16,27-29H,1,11,13H2,2-6H3/t16-/m0/s1. The van der Waals surface area contributed by atoms with Crippen LogP contribution < -0.4 is 14.2 Å². The lowest BCUT2D eigenvalue weighted by molar-refractivity contribution is 0.149. The van der Waals surface area contributed by atoms with E-state index in [-0.39, 0.29) is 35.5 Å². The summed E-state index contributed by atoms with van der Waals surface area (Å²) in [5.41, 5.74) is 1.86. The van der Waals surface area contributed by atoms with Crippen molar-refractivity contribution in [3.8, 4) is 34.5 Å². The van der Waals surface area contributed by atoms with Crippen LogP contribution in [0.25, 0.3) is 6.08 Å². The van der Waals surface area contributed by atoms with E-state index in [1.807, 2.05) is 52.0 Å². The fraction of sp³-hybridized carbons (Fsp3) is 0.385. The van der Waals surface area contributed by atoms with Gasteiger partial charge in [-0.3, -0.25) is 0 Å². The number of methoxy groups -OCH3 is 1. The van der Waals surface area contributed by atoms with Crippen LogP contribution in [0, 0.1) is 0 Å². The third-order valence-electron chi connectivity index (χ3n) is 6.34. The topological polar surface area (TPSA) is 88.4 Å². The maximum atomic E-state index is 10.8. The van der Waals surface area contributed by atoms with Gasteiger partial charge in [0.15, 0.2) is 23.0 Å². The average molecular weight is 439 g/mol. The fourth-order valence-electron chi connectivity index (χ4n) is 4.32. The molecule has 0 radical (unpaired) electrons. The van der Waals surface area contributed by atoms with Gasteiger partial charge >= 0.3 is 0 Å². The van der Waals surface area contributed by atoms with Crippen LogP contribution in [-0.4, -0.2) is 34.6 Å². The highest BCUT2D eigenvalue weighted by Gasteiger charge is 2.34. The Morgan fingerprint density at radius 3 is 2.50 bits per heavy atom. The molecule has 2 aromatic carbocycles. The first-order valence-corrected chi connectivity index (χ1v) is 10.7. The van der Waals surface area contributed by atoms with E-state index in [0.717, 1.165) is 16.7 Å². The van der Waals surface area contributed by atoms with Gasteiger partial charge in [0, 0.05) is 28.0 Å². The molecule has 0 unspecified atom stereocenters. The van der Waals surface area contributed by atoms with Crippen molar-refractivity contribution in [2.24, 2.45) is 0 Å². The Morgan fingerprint density at radius 2 is 1.84 bits per heavy atom. The van der Waals surface area contributed by atoms with Crippen LogP contribution in [-0.2, 0) is 11.8 Å². The molecule has 2 heterocycles. The summed E-state index contributed by atoms with van der Waals surface area (Å²) in [6.45, 7) is 11.9. The van der Waals surface area contributed by atoms with E-state index in [2.05, 4.69) is 6.58 Å². The quantitative estimate of drug-likeness (QED) is 0.450. The smallest absolute Gasteiger partial charge is 0.201 e. The summed E-state index contributed by atoms with van der Waals surface area (Å²) in [5, 5.41) is 32.3. The van der Waals surface area contributed by atoms with Crippen LogP contribution in [0.5, 0.6) is 34.5 Å². The molecule has 2 aliphatic heterocycles. The van der Waals surface area contributed by atoms with Gasteiger partial charge in [0.1, 0.15) is 5.60 Å². The molecule has 1 atom stereocenters. The lowest BCUT2D eigenvalue weighted by Crippen LogP contribution is -2.28. The van der Waals surface area contributed by atoms with Gasteiger partial charge in [0.2, 0.25) is 11.5 Å². The number of phenols is 3. The Labute approximate surface area is 188 Å². The van der Waals surface area contributed by atoms with Crippen LogP contribution in [0.3, 0.4) is 0 Å². The third kappa shape index (κ3) is 3.44. The lowest BCUT2D eigenvalue weighted by atomic mass is 9.80. The van der Waals surface area contributed by atoms with Gasteiger partial charge in [0.05, 0.1) is 13.7 Å². The number of fused-ring (bicyclic) bond motifs is 2. The monoisotopic (exact) mass is 438 g/mol. The van der Waals surface area contributed by atoms with Crippen molar-refractivity contribution in [3.05, 3.63) is 53.1 Å². The van der Waals surface area contributed by atoms with E-state index in [1.54, 1.807) is 6.08 Å². The average Bonchev–Trinajstić information content (AvgIpc) is 2.75. The molecule has 2 aromatic rings. The van der Waals surface area contributed by atoms with E-state index in [9.17, 15) is 15.3 Å². The number of allylic oxidation sites excluding steroid dienone is 1. The zero-order valence-electron chi connectivity index (χ0n) is 19.2. The van der Waals surface area contributed by atoms with Crippen LogP contribution in [0.4, 0.5) is 0 Å². The number of benzene rings is 2. The zero-order chi connectivity index (χ0) is 23.4. The summed E-state index contributed by atoms with van der Waals surface area (Å²) in [6, 6.07) is 3.79. The first-order valence-electron chi connectivity index (χ1n) is 10.7. The molecule has 3 N–H and O–H groups in total. The van der Waals surface area contributed by atoms with Gasteiger partial charge in [0.25, 0.3) is 0 Å². The summed E-state index contributed by atoms with van der Waals surface area (Å²) in [7, 11) is 1.46. The van der Waals surface area contributed by atoms with Crippen LogP contribution in [0.1, 0.15) is 55.9 Å². The van der Waals surface area contributed by atoms with Crippen molar-refractivity contribution >= 4 is 6.08 Å². The van der Waals surface area contributed by atoms with Gasteiger partial charge in [-0.1, -0.05) is 26.0 Å². The lowest BCUT2D eigenvalue weighted by Gasteiger charge is -2.33. The molecule has 0 spiro atoms. The van der Waals surface area contributed by atoms with Crippen molar-refractivity contribution in [1.29, 1.82) is 0 Å². The highest BCUT2D eigenvalue weighted by atomic mass is 16.5. The summed E-state index contributed by atoms with van der Waals surface area (Å²) >= 11 is 0. The molecule has 0 fully saturated rings. The molecule has 0 aliphatic carbocycles. The van der Waals surface area contributed by atoms with Crippen molar-refractivity contribution in [3.63, 3.8) is 0 Å². The summed E-state index contributed by atoms with van der Waals surface area (Å²) in [5.74, 6) is 0.265. The minimum atomic E-state index is -0.517. The molecule has 0 aromatic heterocycles. The van der Waals surface area contributed by atoms with Crippen molar-refractivity contribution < 1.29 is 29.5 Å². The summed E-state index contributed by atoms with van der Waals surface area (Å²) in [6.07, 6.45) is 6.17.